The van der Waals surface area contributed by atoms with Crippen LogP contribution in [-0.4, -0.2) is 44.8 Å². The highest BCUT2D eigenvalue weighted by Crippen LogP contribution is 2.10. The van der Waals surface area contributed by atoms with Crippen LogP contribution < -0.4 is 0 Å². The van der Waals surface area contributed by atoms with Crippen LogP contribution in [0.4, 0.5) is 4.79 Å². The SMILES string of the molecule is O=C(N1CCCC(O)C1)n1ccnc1. The molecule has 1 fully saturated rings. The first kappa shape index (κ1) is 9.21. The molecule has 0 radical (unpaired) electrons. The number of aromatic nitrogens is 2. The molecule has 0 bridgehead atoms. The maximum Gasteiger partial charge on any atom is 0.329 e. The number of aliphatic hydroxyl groups excluding tert-OH is 1. The molecular weight excluding hydrogens is 182 g/mol. The molecule has 2 rings (SSSR count). The molecule has 5 nitrogen and oxygen atoms in total. The zero-order chi connectivity index (χ0) is 9.97. The van der Waals surface area contributed by atoms with Gasteiger partial charge in [0.1, 0.15) is 6.33 Å². The normalized spacial score (nSPS) is 22.4. The van der Waals surface area contributed by atoms with Crippen molar-refractivity contribution in [3.8, 4) is 0 Å². The number of rotatable bonds is 0. The molecule has 1 aromatic heterocycles. The van der Waals surface area contributed by atoms with Gasteiger partial charge in [0.05, 0.1) is 6.10 Å². The Balaban J connectivity index is 2.04. The number of amides is 1. The predicted octanol–water partition coefficient (Wildman–Crippen LogP) is 0.308. The van der Waals surface area contributed by atoms with Gasteiger partial charge in [0.2, 0.25) is 0 Å². The molecule has 0 aromatic carbocycles. The van der Waals surface area contributed by atoms with E-state index >= 15 is 0 Å². The average Bonchev–Trinajstić information content (AvgIpc) is 2.69. The Labute approximate surface area is 82.0 Å². The van der Waals surface area contributed by atoms with Crippen LogP contribution in [0, 0.1) is 0 Å². The molecule has 2 heterocycles. The van der Waals surface area contributed by atoms with Gasteiger partial charge in [-0.25, -0.2) is 9.78 Å². The number of piperidine rings is 1. The number of likely N-dealkylation sites (tertiary alicyclic amines) is 1. The zero-order valence-electron chi connectivity index (χ0n) is 7.83. The fraction of sp³-hybridized carbons (Fsp3) is 0.556. The molecule has 1 amide bonds. The Morgan fingerprint density at radius 3 is 3.07 bits per heavy atom. The Hall–Kier alpha value is -1.36. The lowest BCUT2D eigenvalue weighted by atomic mass is 10.1. The highest BCUT2D eigenvalue weighted by atomic mass is 16.3. The topological polar surface area (TPSA) is 58.4 Å². The maximum absolute atomic E-state index is 11.7. The van der Waals surface area contributed by atoms with E-state index < -0.39 is 0 Å². The Morgan fingerprint density at radius 2 is 2.43 bits per heavy atom. The van der Waals surface area contributed by atoms with Crippen LogP contribution in [0.15, 0.2) is 18.7 Å². The van der Waals surface area contributed by atoms with E-state index in [0.29, 0.717) is 13.1 Å². The molecule has 1 aliphatic heterocycles. The summed E-state index contributed by atoms with van der Waals surface area (Å²) >= 11 is 0. The van der Waals surface area contributed by atoms with Crippen LogP contribution >= 0.6 is 0 Å². The van der Waals surface area contributed by atoms with Gasteiger partial charge in [-0.15, -0.1) is 0 Å². The number of nitrogens with zero attached hydrogens (tertiary/aromatic N) is 3. The molecule has 5 heteroatoms. The van der Waals surface area contributed by atoms with E-state index in [9.17, 15) is 9.90 Å². The van der Waals surface area contributed by atoms with Crippen molar-refractivity contribution >= 4 is 6.03 Å². The van der Waals surface area contributed by atoms with Gasteiger partial charge in [-0.3, -0.25) is 4.57 Å². The quantitative estimate of drug-likeness (QED) is 0.648. The molecule has 0 aliphatic carbocycles. The van der Waals surface area contributed by atoms with Gasteiger partial charge in [0.25, 0.3) is 0 Å². The van der Waals surface area contributed by atoms with Crippen LogP contribution in [0.5, 0.6) is 0 Å². The highest BCUT2D eigenvalue weighted by molar-refractivity contribution is 5.76. The first-order valence-corrected chi connectivity index (χ1v) is 4.72. The Kier molecular flexibility index (Phi) is 2.49. The summed E-state index contributed by atoms with van der Waals surface area (Å²) in [4.78, 5) is 17.2. The van der Waals surface area contributed by atoms with Gasteiger partial charge >= 0.3 is 6.03 Å². The molecule has 76 valence electrons. The molecular formula is C9H13N3O2. The van der Waals surface area contributed by atoms with E-state index in [1.165, 1.54) is 10.9 Å². The minimum Gasteiger partial charge on any atom is -0.391 e. The van der Waals surface area contributed by atoms with Gasteiger partial charge in [-0.05, 0) is 12.8 Å². The van der Waals surface area contributed by atoms with Gasteiger partial charge in [0, 0.05) is 25.5 Å². The molecule has 1 atom stereocenters. The second-order valence-corrected chi connectivity index (χ2v) is 3.49. The summed E-state index contributed by atoms with van der Waals surface area (Å²) in [6.07, 6.45) is 5.93. The molecule has 0 saturated carbocycles. The van der Waals surface area contributed by atoms with Gasteiger partial charge in [-0.1, -0.05) is 0 Å². The van der Waals surface area contributed by atoms with Crippen molar-refractivity contribution in [2.75, 3.05) is 13.1 Å². The second kappa shape index (κ2) is 3.79. The average molecular weight is 195 g/mol. The number of imidazole rings is 1. The monoisotopic (exact) mass is 195 g/mol. The third kappa shape index (κ3) is 1.77. The summed E-state index contributed by atoms with van der Waals surface area (Å²) in [5, 5.41) is 9.41. The molecule has 1 aromatic rings. The van der Waals surface area contributed by atoms with Crippen molar-refractivity contribution in [3.05, 3.63) is 18.7 Å². The van der Waals surface area contributed by atoms with E-state index in [4.69, 9.17) is 0 Å². The number of hydrogen-bond donors (Lipinski definition) is 1. The van der Waals surface area contributed by atoms with E-state index in [-0.39, 0.29) is 12.1 Å². The summed E-state index contributed by atoms with van der Waals surface area (Å²) in [7, 11) is 0. The maximum atomic E-state index is 11.7. The van der Waals surface area contributed by atoms with Crippen LogP contribution in [0.2, 0.25) is 0 Å². The number of hydrogen-bond acceptors (Lipinski definition) is 3. The van der Waals surface area contributed by atoms with E-state index in [1.807, 2.05) is 0 Å². The standard InChI is InChI=1S/C9H13N3O2/c13-8-2-1-4-11(6-8)9(14)12-5-3-10-7-12/h3,5,7-8,13H,1-2,4,6H2. The number of carbonyl (C=O) groups excluding carboxylic acids is 1. The molecule has 14 heavy (non-hydrogen) atoms. The molecule has 1 aliphatic rings. The van der Waals surface area contributed by atoms with Crippen molar-refractivity contribution in [1.82, 2.24) is 14.5 Å². The van der Waals surface area contributed by atoms with Crippen molar-refractivity contribution in [3.63, 3.8) is 0 Å². The Bertz CT molecular complexity index is 310. The minimum atomic E-state index is -0.378. The molecule has 1 saturated heterocycles. The largest absolute Gasteiger partial charge is 0.391 e. The summed E-state index contributed by atoms with van der Waals surface area (Å²) in [6, 6.07) is -0.110. The van der Waals surface area contributed by atoms with Crippen molar-refractivity contribution < 1.29 is 9.90 Å². The number of aliphatic hydroxyl groups is 1. The fourth-order valence-electron chi connectivity index (χ4n) is 1.66. The predicted molar refractivity (Wildman–Crippen MR) is 49.8 cm³/mol. The van der Waals surface area contributed by atoms with Gasteiger partial charge < -0.3 is 10.0 Å². The van der Waals surface area contributed by atoms with E-state index in [0.717, 1.165) is 12.8 Å². The van der Waals surface area contributed by atoms with Crippen LogP contribution in [-0.2, 0) is 0 Å². The number of β-amino-alcohol motifs (C(OH)–C–C–N with tert-alkyl or cyclic N) is 1. The molecule has 1 unspecified atom stereocenters. The van der Waals surface area contributed by atoms with Crippen LogP contribution in [0.3, 0.4) is 0 Å². The van der Waals surface area contributed by atoms with Gasteiger partial charge in [-0.2, -0.15) is 0 Å². The summed E-state index contributed by atoms with van der Waals surface area (Å²) < 4.78 is 1.43. The lowest BCUT2D eigenvalue weighted by molar-refractivity contribution is 0.0847. The lowest BCUT2D eigenvalue weighted by Gasteiger charge is -2.29. The third-order valence-electron chi connectivity index (χ3n) is 2.39. The minimum absolute atomic E-state index is 0.110. The fourth-order valence-corrected chi connectivity index (χ4v) is 1.66. The van der Waals surface area contributed by atoms with Crippen LogP contribution in [0.1, 0.15) is 12.8 Å². The first-order valence-electron chi connectivity index (χ1n) is 4.72. The summed E-state index contributed by atoms with van der Waals surface area (Å²) in [5.74, 6) is 0. The second-order valence-electron chi connectivity index (χ2n) is 3.49. The first-order chi connectivity index (χ1) is 6.77. The summed E-state index contributed by atoms with van der Waals surface area (Å²) in [5.41, 5.74) is 0. The number of carbonyl (C=O) groups is 1. The van der Waals surface area contributed by atoms with E-state index in [2.05, 4.69) is 4.98 Å². The zero-order valence-corrected chi connectivity index (χ0v) is 7.83. The van der Waals surface area contributed by atoms with E-state index in [1.54, 1.807) is 17.3 Å². The van der Waals surface area contributed by atoms with Crippen molar-refractivity contribution in [2.45, 2.75) is 18.9 Å². The lowest BCUT2D eigenvalue weighted by Crippen LogP contribution is -2.43. The molecule has 0 spiro atoms. The smallest absolute Gasteiger partial charge is 0.329 e. The van der Waals surface area contributed by atoms with Gasteiger partial charge in [0.15, 0.2) is 0 Å². The van der Waals surface area contributed by atoms with Crippen LogP contribution in [0.25, 0.3) is 0 Å². The highest BCUT2D eigenvalue weighted by Gasteiger charge is 2.22. The summed E-state index contributed by atoms with van der Waals surface area (Å²) in [6.45, 7) is 1.14. The third-order valence-corrected chi connectivity index (χ3v) is 2.39. The van der Waals surface area contributed by atoms with Crippen molar-refractivity contribution in [2.24, 2.45) is 0 Å². The molecule has 1 N–H and O–H groups in total. The Morgan fingerprint density at radius 1 is 1.57 bits per heavy atom. The van der Waals surface area contributed by atoms with Crippen molar-refractivity contribution in [1.29, 1.82) is 0 Å².